The van der Waals surface area contributed by atoms with Gasteiger partial charge in [-0.3, -0.25) is 14.7 Å². The lowest BCUT2D eigenvalue weighted by Crippen LogP contribution is -2.53. The van der Waals surface area contributed by atoms with Gasteiger partial charge < -0.3 is 4.90 Å². The van der Waals surface area contributed by atoms with Gasteiger partial charge in [-0.2, -0.15) is 0 Å². The third-order valence-electron chi connectivity index (χ3n) is 4.81. The van der Waals surface area contributed by atoms with Crippen LogP contribution >= 0.6 is 0 Å². The molecule has 3 heterocycles. The summed E-state index contributed by atoms with van der Waals surface area (Å²) in [6.07, 6.45) is 5.29. The van der Waals surface area contributed by atoms with Crippen molar-refractivity contribution in [3.05, 3.63) is 30.1 Å². The number of hydrogen-bond acceptors (Lipinski definition) is 5. The smallest absolute Gasteiger partial charge is 0.227 e. The number of hydrogen-bond donors (Lipinski definition) is 0. The topological polar surface area (TPSA) is 70.6 Å². The molecule has 0 unspecified atom stereocenters. The lowest BCUT2D eigenvalue weighted by atomic mass is 10.1. The predicted octanol–water partition coefficient (Wildman–Crippen LogP) is 0.346. The zero-order valence-corrected chi connectivity index (χ0v) is 14.0. The monoisotopic (exact) mass is 337 g/mol. The Morgan fingerprint density at radius 1 is 1.09 bits per heavy atom. The van der Waals surface area contributed by atoms with E-state index in [1.165, 1.54) is 0 Å². The van der Waals surface area contributed by atoms with Crippen LogP contribution in [0.3, 0.4) is 0 Å². The molecular weight excluding hydrogens is 314 g/mol. The molecule has 0 saturated carbocycles. The van der Waals surface area contributed by atoms with E-state index in [2.05, 4.69) is 9.88 Å². The fourth-order valence-corrected chi connectivity index (χ4v) is 4.83. The van der Waals surface area contributed by atoms with Crippen molar-refractivity contribution in [2.75, 3.05) is 37.7 Å². The maximum atomic E-state index is 12.3. The lowest BCUT2D eigenvalue weighted by molar-refractivity contribution is -0.132. The molecule has 7 heteroatoms. The van der Waals surface area contributed by atoms with E-state index in [1.54, 1.807) is 12.4 Å². The van der Waals surface area contributed by atoms with Gasteiger partial charge in [0.25, 0.3) is 0 Å². The van der Waals surface area contributed by atoms with Gasteiger partial charge in [-0.1, -0.05) is 0 Å². The highest BCUT2D eigenvalue weighted by Gasteiger charge is 2.30. The number of piperazine rings is 1. The highest BCUT2D eigenvalue weighted by Crippen LogP contribution is 2.19. The number of nitrogens with zero attached hydrogens (tertiary/aromatic N) is 3. The van der Waals surface area contributed by atoms with Crippen LogP contribution < -0.4 is 0 Å². The molecule has 0 bridgehead atoms. The Hall–Kier alpha value is -1.47. The third kappa shape index (κ3) is 4.29. The van der Waals surface area contributed by atoms with E-state index in [-0.39, 0.29) is 5.91 Å². The van der Waals surface area contributed by atoms with Crippen LogP contribution in [0.15, 0.2) is 24.5 Å². The summed E-state index contributed by atoms with van der Waals surface area (Å²) < 4.78 is 23.0. The molecule has 0 radical (unpaired) electrons. The zero-order valence-electron chi connectivity index (χ0n) is 13.2. The molecule has 2 fully saturated rings. The number of sulfone groups is 1. The van der Waals surface area contributed by atoms with E-state index >= 15 is 0 Å². The Morgan fingerprint density at radius 2 is 1.70 bits per heavy atom. The van der Waals surface area contributed by atoms with Crippen LogP contribution in [-0.4, -0.2) is 72.8 Å². The molecule has 23 heavy (non-hydrogen) atoms. The molecule has 0 atom stereocenters. The predicted molar refractivity (Wildman–Crippen MR) is 87.8 cm³/mol. The van der Waals surface area contributed by atoms with Gasteiger partial charge in [-0.05, 0) is 30.5 Å². The first-order chi connectivity index (χ1) is 11.0. The SMILES string of the molecule is O=C(Cc1ccncc1)N1CCN(C2CCS(=O)(=O)CC2)CC1. The van der Waals surface area contributed by atoms with Crippen molar-refractivity contribution in [2.45, 2.75) is 25.3 Å². The van der Waals surface area contributed by atoms with Crippen molar-refractivity contribution in [3.63, 3.8) is 0 Å². The van der Waals surface area contributed by atoms with Crippen LogP contribution in [-0.2, 0) is 21.1 Å². The second-order valence-electron chi connectivity index (χ2n) is 6.33. The number of rotatable bonds is 3. The minimum Gasteiger partial charge on any atom is -0.340 e. The molecule has 0 aliphatic carbocycles. The zero-order chi connectivity index (χ0) is 16.3. The molecule has 2 saturated heterocycles. The summed E-state index contributed by atoms with van der Waals surface area (Å²) >= 11 is 0. The number of amides is 1. The fourth-order valence-electron chi connectivity index (χ4n) is 3.37. The molecular formula is C16H23N3O3S. The molecule has 6 nitrogen and oxygen atoms in total. The average molecular weight is 337 g/mol. The minimum atomic E-state index is -2.81. The Bertz CT molecular complexity index is 626. The fraction of sp³-hybridized carbons (Fsp3) is 0.625. The summed E-state index contributed by atoms with van der Waals surface area (Å²) in [5, 5.41) is 0. The third-order valence-corrected chi connectivity index (χ3v) is 6.53. The van der Waals surface area contributed by atoms with Gasteiger partial charge >= 0.3 is 0 Å². The number of carbonyl (C=O) groups excluding carboxylic acids is 1. The van der Waals surface area contributed by atoms with Gasteiger partial charge in [0.2, 0.25) is 5.91 Å². The highest BCUT2D eigenvalue weighted by atomic mass is 32.2. The Kier molecular flexibility index (Phi) is 4.96. The first-order valence-corrected chi connectivity index (χ1v) is 9.97. The minimum absolute atomic E-state index is 0.155. The Balaban J connectivity index is 1.48. The van der Waals surface area contributed by atoms with Gasteiger partial charge in [0.1, 0.15) is 9.84 Å². The standard InChI is InChI=1S/C16H23N3O3S/c20-16(13-14-1-5-17-6-2-14)19-9-7-18(8-10-19)15-3-11-23(21,22)12-4-15/h1-2,5-6,15H,3-4,7-13H2. The van der Waals surface area contributed by atoms with Gasteiger partial charge in [-0.15, -0.1) is 0 Å². The van der Waals surface area contributed by atoms with Crippen LogP contribution in [0.5, 0.6) is 0 Å². The van der Waals surface area contributed by atoms with Crippen molar-refractivity contribution in [2.24, 2.45) is 0 Å². The maximum Gasteiger partial charge on any atom is 0.227 e. The van der Waals surface area contributed by atoms with Crippen molar-refractivity contribution in [1.29, 1.82) is 0 Å². The molecule has 2 aliphatic rings. The molecule has 2 aliphatic heterocycles. The van der Waals surface area contributed by atoms with E-state index in [1.807, 2.05) is 17.0 Å². The molecule has 0 N–H and O–H groups in total. The molecule has 0 aromatic carbocycles. The molecule has 0 spiro atoms. The summed E-state index contributed by atoms with van der Waals surface area (Å²) in [6, 6.07) is 4.10. The van der Waals surface area contributed by atoms with Crippen LogP contribution in [0.2, 0.25) is 0 Å². The van der Waals surface area contributed by atoms with E-state index in [0.717, 1.165) is 44.6 Å². The largest absolute Gasteiger partial charge is 0.340 e. The van der Waals surface area contributed by atoms with Crippen LogP contribution in [0.25, 0.3) is 0 Å². The number of aromatic nitrogens is 1. The van der Waals surface area contributed by atoms with Crippen molar-refractivity contribution < 1.29 is 13.2 Å². The van der Waals surface area contributed by atoms with E-state index in [4.69, 9.17) is 0 Å². The average Bonchev–Trinajstić information content (AvgIpc) is 2.56. The van der Waals surface area contributed by atoms with E-state index in [0.29, 0.717) is 24.0 Å². The van der Waals surface area contributed by atoms with Crippen LogP contribution in [0, 0.1) is 0 Å². The normalized spacial score (nSPS) is 22.9. The summed E-state index contributed by atoms with van der Waals surface area (Å²) in [4.78, 5) is 20.6. The second kappa shape index (κ2) is 6.97. The molecule has 126 valence electrons. The number of carbonyl (C=O) groups is 1. The van der Waals surface area contributed by atoms with Gasteiger partial charge in [-0.25, -0.2) is 8.42 Å². The summed E-state index contributed by atoms with van der Waals surface area (Å²) in [6.45, 7) is 3.14. The lowest BCUT2D eigenvalue weighted by Gasteiger charge is -2.40. The van der Waals surface area contributed by atoms with Crippen molar-refractivity contribution in [3.8, 4) is 0 Å². The molecule has 3 rings (SSSR count). The van der Waals surface area contributed by atoms with Crippen LogP contribution in [0.1, 0.15) is 18.4 Å². The van der Waals surface area contributed by atoms with Gasteiger partial charge in [0.05, 0.1) is 17.9 Å². The quantitative estimate of drug-likeness (QED) is 0.796. The van der Waals surface area contributed by atoms with Gasteiger partial charge in [0.15, 0.2) is 0 Å². The van der Waals surface area contributed by atoms with Crippen molar-refractivity contribution in [1.82, 2.24) is 14.8 Å². The number of pyridine rings is 1. The summed E-state index contributed by atoms with van der Waals surface area (Å²) in [5.74, 6) is 0.764. The first-order valence-electron chi connectivity index (χ1n) is 8.15. The van der Waals surface area contributed by atoms with Gasteiger partial charge in [0, 0.05) is 44.6 Å². The second-order valence-corrected chi connectivity index (χ2v) is 8.64. The van der Waals surface area contributed by atoms with Crippen molar-refractivity contribution >= 4 is 15.7 Å². The molecule has 1 amide bonds. The van der Waals surface area contributed by atoms with E-state index in [9.17, 15) is 13.2 Å². The Labute approximate surface area is 137 Å². The summed E-state index contributed by atoms with van der Waals surface area (Å²) in [7, 11) is -2.81. The molecule has 1 aromatic rings. The Morgan fingerprint density at radius 3 is 2.30 bits per heavy atom. The van der Waals surface area contributed by atoms with E-state index < -0.39 is 9.84 Å². The maximum absolute atomic E-state index is 12.3. The molecule has 1 aromatic heterocycles. The highest BCUT2D eigenvalue weighted by molar-refractivity contribution is 7.91. The summed E-state index contributed by atoms with van der Waals surface area (Å²) in [5.41, 5.74) is 0.991. The first kappa shape index (κ1) is 16.4. The van der Waals surface area contributed by atoms with Crippen LogP contribution in [0.4, 0.5) is 0 Å².